The largest absolute Gasteiger partial charge is 0.449 e. The van der Waals surface area contributed by atoms with Gasteiger partial charge in [0.2, 0.25) is 5.91 Å². The molecule has 1 fully saturated rings. The average Bonchev–Trinajstić information content (AvgIpc) is 2.93. The lowest BCUT2D eigenvalue weighted by molar-refractivity contribution is -0.150. The van der Waals surface area contributed by atoms with Gasteiger partial charge in [0, 0.05) is 19.2 Å². The molecule has 1 aliphatic heterocycles. The second-order valence-corrected chi connectivity index (χ2v) is 6.64. The highest BCUT2D eigenvalue weighted by Gasteiger charge is 2.29. The molecule has 1 aliphatic rings. The maximum atomic E-state index is 11.9. The number of aryl methyl sites for hydroxylation is 1. The van der Waals surface area contributed by atoms with Crippen molar-refractivity contribution < 1.29 is 23.9 Å². The van der Waals surface area contributed by atoms with Gasteiger partial charge < -0.3 is 10.1 Å². The summed E-state index contributed by atoms with van der Waals surface area (Å²) in [6.45, 7) is 3.63. The van der Waals surface area contributed by atoms with Gasteiger partial charge in [-0.1, -0.05) is 41.6 Å². The van der Waals surface area contributed by atoms with E-state index in [1.54, 1.807) is 6.08 Å². The maximum Gasteiger partial charge on any atom is 0.331 e. The molecule has 0 aliphatic carbocycles. The first kappa shape index (κ1) is 19.7. The van der Waals surface area contributed by atoms with E-state index in [2.05, 4.69) is 5.32 Å². The summed E-state index contributed by atoms with van der Waals surface area (Å²) in [5.74, 6) is -1.26. The summed E-state index contributed by atoms with van der Waals surface area (Å²) in [6, 6.07) is 7.59. The Morgan fingerprint density at radius 1 is 1.31 bits per heavy atom. The van der Waals surface area contributed by atoms with Crippen LogP contribution in [0, 0.1) is 6.92 Å². The normalized spacial score (nSPS) is 15.4. The number of nitrogens with zero attached hydrogens (tertiary/aromatic N) is 1. The van der Waals surface area contributed by atoms with Crippen LogP contribution >= 0.6 is 11.8 Å². The number of nitrogens with one attached hydrogen (secondary N) is 1. The lowest BCUT2D eigenvalue weighted by atomic mass is 10.1. The van der Waals surface area contributed by atoms with Crippen LogP contribution in [0.1, 0.15) is 18.1 Å². The van der Waals surface area contributed by atoms with Crippen LogP contribution in [0.5, 0.6) is 0 Å². The van der Waals surface area contributed by atoms with Gasteiger partial charge in [-0.2, -0.15) is 0 Å². The number of rotatable bonds is 7. The van der Waals surface area contributed by atoms with Crippen molar-refractivity contribution in [2.75, 3.05) is 18.8 Å². The number of amides is 3. The van der Waals surface area contributed by atoms with Crippen LogP contribution in [0.15, 0.2) is 30.3 Å². The van der Waals surface area contributed by atoms with E-state index in [-0.39, 0.29) is 30.0 Å². The second kappa shape index (κ2) is 9.19. The fraction of sp³-hybridized carbons (Fsp3) is 0.333. The van der Waals surface area contributed by atoms with E-state index in [9.17, 15) is 19.2 Å². The summed E-state index contributed by atoms with van der Waals surface area (Å²) >= 11 is 0.939. The van der Waals surface area contributed by atoms with Crippen LogP contribution in [0.25, 0.3) is 6.08 Å². The molecule has 0 saturated carbocycles. The van der Waals surface area contributed by atoms with Crippen molar-refractivity contribution in [3.8, 4) is 0 Å². The molecular formula is C18H20N2O5S. The predicted molar refractivity (Wildman–Crippen MR) is 98.3 cm³/mol. The van der Waals surface area contributed by atoms with Crippen molar-refractivity contribution in [2.24, 2.45) is 0 Å². The summed E-state index contributed by atoms with van der Waals surface area (Å²) in [5, 5.41) is 2.23. The van der Waals surface area contributed by atoms with Crippen molar-refractivity contribution in [3.63, 3.8) is 0 Å². The lowest BCUT2D eigenvalue weighted by Gasteiger charge is -2.15. The van der Waals surface area contributed by atoms with Gasteiger partial charge in [0.25, 0.3) is 11.1 Å². The molecule has 8 heteroatoms. The lowest BCUT2D eigenvalue weighted by Crippen LogP contribution is -2.41. The standard InChI is InChI=1S/C18H20N2O5S/c1-12-3-5-14(6-4-12)7-8-16(22)25-13(2)17(23)19-9-10-20-15(21)11-26-18(20)24/h3-8,13H,9-11H2,1-2H3,(H,19,23)/b8-7+/t13-/m0/s1. The highest BCUT2D eigenvalue weighted by Crippen LogP contribution is 2.17. The number of esters is 1. The Balaban J connectivity index is 1.73. The summed E-state index contributed by atoms with van der Waals surface area (Å²) in [7, 11) is 0. The summed E-state index contributed by atoms with van der Waals surface area (Å²) < 4.78 is 5.03. The smallest absolute Gasteiger partial charge is 0.331 e. The first-order valence-electron chi connectivity index (χ1n) is 8.07. The van der Waals surface area contributed by atoms with E-state index in [4.69, 9.17) is 4.74 Å². The molecule has 138 valence electrons. The van der Waals surface area contributed by atoms with Crippen LogP contribution in [-0.4, -0.2) is 52.9 Å². The SMILES string of the molecule is Cc1ccc(/C=C/C(=O)O[C@@H](C)C(=O)NCCN2C(=O)CSC2=O)cc1. The number of carbonyl (C=O) groups is 4. The Kier molecular flexibility index (Phi) is 6.97. The molecule has 1 aromatic rings. The van der Waals surface area contributed by atoms with Crippen molar-refractivity contribution in [3.05, 3.63) is 41.5 Å². The van der Waals surface area contributed by atoms with Gasteiger partial charge in [-0.05, 0) is 25.5 Å². The van der Waals surface area contributed by atoms with Crippen LogP contribution in [0.3, 0.4) is 0 Å². The van der Waals surface area contributed by atoms with Crippen molar-refractivity contribution in [2.45, 2.75) is 20.0 Å². The van der Waals surface area contributed by atoms with Gasteiger partial charge in [-0.3, -0.25) is 19.3 Å². The average molecular weight is 376 g/mol. The van der Waals surface area contributed by atoms with Crippen LogP contribution < -0.4 is 5.32 Å². The fourth-order valence-electron chi connectivity index (χ4n) is 2.14. The van der Waals surface area contributed by atoms with Gasteiger partial charge in [0.15, 0.2) is 6.10 Å². The van der Waals surface area contributed by atoms with Crippen LogP contribution in [0.2, 0.25) is 0 Å². The van der Waals surface area contributed by atoms with Crippen molar-refractivity contribution in [1.29, 1.82) is 0 Å². The molecule has 1 aromatic carbocycles. The highest BCUT2D eigenvalue weighted by molar-refractivity contribution is 8.14. The topological polar surface area (TPSA) is 92.8 Å². The van der Waals surface area contributed by atoms with E-state index >= 15 is 0 Å². The van der Waals surface area contributed by atoms with Gasteiger partial charge >= 0.3 is 5.97 Å². The molecule has 1 heterocycles. The minimum absolute atomic E-state index is 0.102. The third-order valence-electron chi connectivity index (χ3n) is 3.63. The Morgan fingerprint density at radius 3 is 2.62 bits per heavy atom. The Bertz CT molecular complexity index is 714. The number of thioether (sulfide) groups is 1. The zero-order chi connectivity index (χ0) is 19.1. The number of benzene rings is 1. The summed E-state index contributed by atoms with van der Waals surface area (Å²) in [5.41, 5.74) is 1.97. The molecule has 0 spiro atoms. The molecule has 26 heavy (non-hydrogen) atoms. The molecule has 7 nitrogen and oxygen atoms in total. The van der Waals surface area contributed by atoms with Gasteiger partial charge in [0.1, 0.15) is 0 Å². The third-order valence-corrected chi connectivity index (χ3v) is 4.49. The second-order valence-electron chi connectivity index (χ2n) is 5.71. The molecule has 0 aromatic heterocycles. The Labute approximate surface area is 155 Å². The van der Waals surface area contributed by atoms with E-state index in [1.165, 1.54) is 13.0 Å². The van der Waals surface area contributed by atoms with E-state index in [1.807, 2.05) is 31.2 Å². The number of imide groups is 1. The fourth-order valence-corrected chi connectivity index (χ4v) is 2.89. The Morgan fingerprint density at radius 2 is 2.00 bits per heavy atom. The van der Waals surface area contributed by atoms with Crippen molar-refractivity contribution in [1.82, 2.24) is 10.2 Å². The third kappa shape index (κ3) is 5.73. The Hall–Kier alpha value is -2.61. The van der Waals surface area contributed by atoms with Crippen LogP contribution in [-0.2, 0) is 19.1 Å². The minimum Gasteiger partial charge on any atom is -0.449 e. The molecule has 2 rings (SSSR count). The molecule has 3 amide bonds. The van der Waals surface area contributed by atoms with Gasteiger partial charge in [-0.15, -0.1) is 0 Å². The molecule has 1 saturated heterocycles. The first-order chi connectivity index (χ1) is 12.4. The number of hydrogen-bond donors (Lipinski definition) is 1. The zero-order valence-electron chi connectivity index (χ0n) is 14.6. The van der Waals surface area contributed by atoms with E-state index < -0.39 is 18.0 Å². The molecular weight excluding hydrogens is 356 g/mol. The summed E-state index contributed by atoms with van der Waals surface area (Å²) in [4.78, 5) is 47.7. The quantitative estimate of drug-likeness (QED) is 0.576. The van der Waals surface area contributed by atoms with E-state index in [0.29, 0.717) is 0 Å². The minimum atomic E-state index is -0.982. The number of hydrogen-bond acceptors (Lipinski definition) is 6. The zero-order valence-corrected chi connectivity index (χ0v) is 15.4. The molecule has 1 atom stereocenters. The van der Waals surface area contributed by atoms with E-state index in [0.717, 1.165) is 27.8 Å². The number of carbonyl (C=O) groups excluding carboxylic acids is 4. The highest BCUT2D eigenvalue weighted by atomic mass is 32.2. The maximum absolute atomic E-state index is 11.9. The monoisotopic (exact) mass is 376 g/mol. The molecule has 0 unspecified atom stereocenters. The molecule has 1 N–H and O–H groups in total. The molecule has 0 radical (unpaired) electrons. The predicted octanol–water partition coefficient (Wildman–Crippen LogP) is 1.75. The summed E-state index contributed by atoms with van der Waals surface area (Å²) in [6.07, 6.45) is 1.88. The first-order valence-corrected chi connectivity index (χ1v) is 9.05. The van der Waals surface area contributed by atoms with Crippen molar-refractivity contribution >= 4 is 40.9 Å². The number of ether oxygens (including phenoxy) is 1. The molecule has 0 bridgehead atoms. The van der Waals surface area contributed by atoms with Gasteiger partial charge in [0.05, 0.1) is 5.75 Å². The van der Waals surface area contributed by atoms with Gasteiger partial charge in [-0.25, -0.2) is 4.79 Å². The van der Waals surface area contributed by atoms with Crippen LogP contribution in [0.4, 0.5) is 4.79 Å².